The van der Waals surface area contributed by atoms with E-state index in [0.29, 0.717) is 19.0 Å². The lowest BCUT2D eigenvalue weighted by Gasteiger charge is -2.16. The van der Waals surface area contributed by atoms with Gasteiger partial charge in [-0.25, -0.2) is 0 Å². The summed E-state index contributed by atoms with van der Waals surface area (Å²) >= 11 is 1.54. The molecule has 0 spiro atoms. The molecule has 6 heteroatoms. The summed E-state index contributed by atoms with van der Waals surface area (Å²) in [6.07, 6.45) is 0.784. The highest BCUT2D eigenvalue weighted by Gasteiger charge is 2.29. The molecule has 4 rings (SSSR count). The van der Waals surface area contributed by atoms with Crippen molar-refractivity contribution in [1.82, 2.24) is 15.1 Å². The van der Waals surface area contributed by atoms with Gasteiger partial charge in [0, 0.05) is 23.7 Å². The van der Waals surface area contributed by atoms with Crippen LogP contribution in [0.3, 0.4) is 0 Å². The molecule has 1 aliphatic rings. The van der Waals surface area contributed by atoms with Gasteiger partial charge in [0.25, 0.3) is 5.91 Å². The fourth-order valence-electron chi connectivity index (χ4n) is 2.87. The average Bonchev–Trinajstić information content (AvgIpc) is 3.23. The Hall–Kier alpha value is -2.47. The van der Waals surface area contributed by atoms with Crippen LogP contribution >= 0.6 is 11.3 Å². The molecule has 122 valence electrons. The molecule has 3 heterocycles. The van der Waals surface area contributed by atoms with Crippen molar-refractivity contribution in [2.75, 3.05) is 13.1 Å². The number of likely N-dealkylation sites (tertiary alicyclic amines) is 1. The van der Waals surface area contributed by atoms with Crippen LogP contribution in [0, 0.1) is 6.92 Å². The molecule has 0 bridgehead atoms. The van der Waals surface area contributed by atoms with Gasteiger partial charge in [-0.15, -0.1) is 16.4 Å². The molecule has 3 aromatic rings. The van der Waals surface area contributed by atoms with E-state index in [4.69, 9.17) is 4.74 Å². The molecule has 0 aliphatic carbocycles. The minimum absolute atomic E-state index is 0.0275. The summed E-state index contributed by atoms with van der Waals surface area (Å²) in [5, 5.41) is 9.14. The van der Waals surface area contributed by atoms with Crippen molar-refractivity contribution in [2.24, 2.45) is 0 Å². The Balaban J connectivity index is 1.44. The summed E-state index contributed by atoms with van der Waals surface area (Å²) in [5.41, 5.74) is 0.857. The van der Waals surface area contributed by atoms with Gasteiger partial charge in [0.15, 0.2) is 0 Å². The Morgan fingerprint density at radius 1 is 1.25 bits per heavy atom. The molecule has 0 N–H and O–H groups in total. The van der Waals surface area contributed by atoms with Gasteiger partial charge in [-0.3, -0.25) is 4.79 Å². The van der Waals surface area contributed by atoms with Gasteiger partial charge in [-0.05, 0) is 30.5 Å². The number of aryl methyl sites for hydroxylation is 1. The lowest BCUT2D eigenvalue weighted by atomic mass is 10.2. The summed E-state index contributed by atoms with van der Waals surface area (Å²) in [7, 11) is 0. The Morgan fingerprint density at radius 3 is 2.92 bits per heavy atom. The number of thiophene rings is 1. The van der Waals surface area contributed by atoms with Gasteiger partial charge in [0.1, 0.15) is 6.10 Å². The number of aromatic nitrogens is 2. The van der Waals surface area contributed by atoms with Crippen LogP contribution in [0.4, 0.5) is 0 Å². The Bertz CT molecular complexity index is 842. The molecule has 0 radical (unpaired) electrons. The minimum Gasteiger partial charge on any atom is -0.471 e. The van der Waals surface area contributed by atoms with E-state index in [0.717, 1.165) is 27.1 Å². The highest BCUT2D eigenvalue weighted by Crippen LogP contribution is 2.27. The van der Waals surface area contributed by atoms with Gasteiger partial charge in [-0.1, -0.05) is 18.2 Å². The number of carbonyl (C=O) groups excluding carboxylic acids is 1. The first-order valence-corrected chi connectivity index (χ1v) is 8.75. The fraction of sp³-hybridized carbons (Fsp3) is 0.278. The van der Waals surface area contributed by atoms with Crippen molar-refractivity contribution in [3.05, 3.63) is 53.0 Å². The zero-order valence-corrected chi connectivity index (χ0v) is 14.1. The van der Waals surface area contributed by atoms with Gasteiger partial charge < -0.3 is 9.64 Å². The van der Waals surface area contributed by atoms with Crippen molar-refractivity contribution in [3.8, 4) is 5.88 Å². The van der Waals surface area contributed by atoms with Crippen LogP contribution in [0.2, 0.25) is 0 Å². The van der Waals surface area contributed by atoms with Crippen LogP contribution < -0.4 is 4.74 Å². The predicted molar refractivity (Wildman–Crippen MR) is 93.5 cm³/mol. The number of rotatable bonds is 3. The van der Waals surface area contributed by atoms with Gasteiger partial charge in [0.05, 0.1) is 17.1 Å². The average molecular weight is 339 g/mol. The maximum Gasteiger partial charge on any atom is 0.264 e. The third-order valence-electron chi connectivity index (χ3n) is 4.13. The smallest absolute Gasteiger partial charge is 0.264 e. The Morgan fingerprint density at radius 2 is 2.12 bits per heavy atom. The van der Waals surface area contributed by atoms with Crippen LogP contribution in [-0.4, -0.2) is 40.2 Å². The van der Waals surface area contributed by atoms with Crippen LogP contribution in [0.1, 0.15) is 21.8 Å². The minimum atomic E-state index is -0.0275. The fourth-order valence-corrected chi connectivity index (χ4v) is 3.90. The topological polar surface area (TPSA) is 55.3 Å². The first kappa shape index (κ1) is 15.1. The zero-order chi connectivity index (χ0) is 16.5. The molecule has 1 fully saturated rings. The second-order valence-electron chi connectivity index (χ2n) is 5.94. The van der Waals surface area contributed by atoms with E-state index >= 15 is 0 Å². The highest BCUT2D eigenvalue weighted by atomic mass is 32.1. The van der Waals surface area contributed by atoms with Crippen molar-refractivity contribution in [3.63, 3.8) is 0 Å². The SMILES string of the molecule is Cc1ccc(OC2CCN(C(=O)c3cc4ccccc4s3)C2)nn1. The molecule has 0 saturated carbocycles. The number of hydrogen-bond donors (Lipinski definition) is 0. The number of fused-ring (bicyclic) bond motifs is 1. The second-order valence-corrected chi connectivity index (χ2v) is 7.02. The van der Waals surface area contributed by atoms with Crippen molar-refractivity contribution >= 4 is 27.3 Å². The maximum atomic E-state index is 12.7. The number of nitrogens with zero attached hydrogens (tertiary/aromatic N) is 3. The monoisotopic (exact) mass is 339 g/mol. The predicted octanol–water partition coefficient (Wildman–Crippen LogP) is 3.29. The first-order chi connectivity index (χ1) is 11.7. The molecule has 1 aromatic carbocycles. The van der Waals surface area contributed by atoms with Crippen LogP contribution in [0.25, 0.3) is 10.1 Å². The van der Waals surface area contributed by atoms with Crippen LogP contribution in [0.5, 0.6) is 5.88 Å². The van der Waals surface area contributed by atoms with Gasteiger partial charge >= 0.3 is 0 Å². The van der Waals surface area contributed by atoms with Crippen LogP contribution in [-0.2, 0) is 0 Å². The third-order valence-corrected chi connectivity index (χ3v) is 5.23. The molecule has 5 nitrogen and oxygen atoms in total. The summed E-state index contributed by atoms with van der Waals surface area (Å²) in [6.45, 7) is 3.18. The molecule has 24 heavy (non-hydrogen) atoms. The van der Waals surface area contributed by atoms with Crippen molar-refractivity contribution in [1.29, 1.82) is 0 Å². The zero-order valence-electron chi connectivity index (χ0n) is 13.3. The summed E-state index contributed by atoms with van der Waals surface area (Å²) < 4.78 is 6.98. The molecular formula is C18H17N3O2S. The van der Waals surface area contributed by atoms with Crippen LogP contribution in [0.15, 0.2) is 42.5 Å². The summed E-state index contributed by atoms with van der Waals surface area (Å²) in [4.78, 5) is 15.4. The van der Waals surface area contributed by atoms with Gasteiger partial charge in [-0.2, -0.15) is 5.10 Å². The summed E-state index contributed by atoms with van der Waals surface area (Å²) in [6, 6.07) is 13.7. The number of benzene rings is 1. The molecule has 1 aliphatic heterocycles. The number of carbonyl (C=O) groups is 1. The lowest BCUT2D eigenvalue weighted by Crippen LogP contribution is -2.30. The quantitative estimate of drug-likeness (QED) is 0.735. The lowest BCUT2D eigenvalue weighted by molar-refractivity contribution is 0.0775. The van der Waals surface area contributed by atoms with E-state index in [1.807, 2.05) is 54.3 Å². The van der Waals surface area contributed by atoms with E-state index in [1.165, 1.54) is 0 Å². The molecule has 1 saturated heterocycles. The number of amides is 1. The van der Waals surface area contributed by atoms with E-state index in [9.17, 15) is 4.79 Å². The standard InChI is InChI=1S/C18H17N3O2S/c1-12-6-7-17(20-19-12)23-14-8-9-21(11-14)18(22)16-10-13-4-2-3-5-15(13)24-16/h2-7,10,14H,8-9,11H2,1H3. The van der Waals surface area contributed by atoms with E-state index in [1.54, 1.807) is 11.3 Å². The van der Waals surface area contributed by atoms with Crippen molar-refractivity contribution in [2.45, 2.75) is 19.4 Å². The number of ether oxygens (including phenoxy) is 1. The van der Waals surface area contributed by atoms with Gasteiger partial charge in [0.2, 0.25) is 5.88 Å². The molecule has 2 aromatic heterocycles. The summed E-state index contributed by atoms with van der Waals surface area (Å²) in [5.74, 6) is 0.596. The van der Waals surface area contributed by atoms with E-state index in [2.05, 4.69) is 10.2 Å². The molecule has 1 unspecified atom stereocenters. The molecule has 1 atom stereocenters. The second kappa shape index (κ2) is 6.20. The largest absolute Gasteiger partial charge is 0.471 e. The van der Waals surface area contributed by atoms with E-state index in [-0.39, 0.29) is 12.0 Å². The van der Waals surface area contributed by atoms with Crippen molar-refractivity contribution < 1.29 is 9.53 Å². The Kier molecular flexibility index (Phi) is 3.90. The molecule has 1 amide bonds. The van der Waals surface area contributed by atoms with E-state index < -0.39 is 0 Å². The Labute approximate surface area is 143 Å². The number of hydrogen-bond acceptors (Lipinski definition) is 5. The normalized spacial score (nSPS) is 17.4. The molecular weight excluding hydrogens is 322 g/mol. The highest BCUT2D eigenvalue weighted by molar-refractivity contribution is 7.20. The maximum absolute atomic E-state index is 12.7. The first-order valence-electron chi connectivity index (χ1n) is 7.94. The third kappa shape index (κ3) is 2.97.